The molecule has 0 spiro atoms. The number of carbonyl (C=O) groups excluding carboxylic acids is 1. The molecule has 0 saturated carbocycles. The minimum Gasteiger partial charge on any atom is -0.299 e. The Morgan fingerprint density at radius 2 is 1.78 bits per heavy atom. The third-order valence-electron chi connectivity index (χ3n) is 2.74. The maximum absolute atomic E-state index is 12.0. The molecule has 2 aromatic rings. The van der Waals surface area contributed by atoms with Crippen molar-refractivity contribution in [2.45, 2.75) is 0 Å². The molecule has 1 amide bonds. The van der Waals surface area contributed by atoms with Crippen LogP contribution in [0.4, 0.5) is 11.4 Å². The maximum atomic E-state index is 12.0. The fourth-order valence-corrected chi connectivity index (χ4v) is 2.01. The topological polar surface area (TPSA) is 96.3 Å². The Morgan fingerprint density at radius 3 is 2.39 bits per heavy atom. The van der Waals surface area contributed by atoms with E-state index >= 15 is 0 Å². The van der Waals surface area contributed by atoms with Crippen LogP contribution in [0.2, 0.25) is 5.02 Å². The third kappa shape index (κ3) is 4.63. The van der Waals surface area contributed by atoms with Gasteiger partial charge < -0.3 is 0 Å². The molecule has 0 aromatic heterocycles. The molecular formula is C14H11ClN4O3S. The molecule has 118 valence electrons. The number of rotatable bonds is 4. The van der Waals surface area contributed by atoms with E-state index in [4.69, 9.17) is 23.8 Å². The lowest BCUT2D eigenvalue weighted by molar-refractivity contribution is -0.384. The van der Waals surface area contributed by atoms with Crippen molar-refractivity contribution in [2.75, 3.05) is 5.43 Å². The molecule has 7 nitrogen and oxygen atoms in total. The van der Waals surface area contributed by atoms with Crippen LogP contribution < -0.4 is 16.2 Å². The van der Waals surface area contributed by atoms with Crippen LogP contribution in [0, 0.1) is 10.1 Å². The highest BCUT2D eigenvalue weighted by atomic mass is 35.5. The molecule has 0 radical (unpaired) electrons. The Hall–Kier alpha value is -2.71. The van der Waals surface area contributed by atoms with Crippen molar-refractivity contribution in [3.63, 3.8) is 0 Å². The summed E-state index contributed by atoms with van der Waals surface area (Å²) in [5.74, 6) is -0.446. The number of nitro groups is 1. The number of nitro benzene ring substituents is 1. The SMILES string of the molecule is O=C(NC(=S)NNc1ccc([N+](=O)[O-])cc1)c1ccccc1Cl. The molecule has 0 unspecified atom stereocenters. The van der Waals surface area contributed by atoms with E-state index in [-0.39, 0.29) is 10.8 Å². The van der Waals surface area contributed by atoms with E-state index < -0.39 is 10.8 Å². The zero-order chi connectivity index (χ0) is 16.8. The summed E-state index contributed by atoms with van der Waals surface area (Å²) < 4.78 is 0. The van der Waals surface area contributed by atoms with Gasteiger partial charge in [0.2, 0.25) is 0 Å². The van der Waals surface area contributed by atoms with Gasteiger partial charge in [-0.25, -0.2) is 0 Å². The number of nitrogens with zero attached hydrogens (tertiary/aromatic N) is 1. The van der Waals surface area contributed by atoms with E-state index in [0.29, 0.717) is 16.3 Å². The first kappa shape index (κ1) is 16.7. The molecule has 0 aliphatic carbocycles. The van der Waals surface area contributed by atoms with Crippen molar-refractivity contribution in [1.29, 1.82) is 0 Å². The molecule has 9 heteroatoms. The van der Waals surface area contributed by atoms with Crippen LogP contribution in [-0.4, -0.2) is 15.9 Å². The first-order valence-corrected chi connectivity index (χ1v) is 7.12. The predicted octanol–water partition coefficient (Wildman–Crippen LogP) is 2.88. The molecule has 0 saturated heterocycles. The Kier molecular flexibility index (Phi) is 5.45. The lowest BCUT2D eigenvalue weighted by atomic mass is 10.2. The maximum Gasteiger partial charge on any atom is 0.269 e. The van der Waals surface area contributed by atoms with E-state index in [0.717, 1.165) is 0 Å². The van der Waals surface area contributed by atoms with E-state index in [9.17, 15) is 14.9 Å². The van der Waals surface area contributed by atoms with Crippen molar-refractivity contribution in [2.24, 2.45) is 0 Å². The summed E-state index contributed by atoms with van der Waals surface area (Å²) in [7, 11) is 0. The lowest BCUT2D eigenvalue weighted by Gasteiger charge is -2.12. The number of hydrogen-bond donors (Lipinski definition) is 3. The number of amides is 1. The monoisotopic (exact) mass is 350 g/mol. The summed E-state index contributed by atoms with van der Waals surface area (Å²) in [5, 5.41) is 13.4. The second kappa shape index (κ2) is 7.52. The van der Waals surface area contributed by atoms with E-state index in [1.807, 2.05) is 0 Å². The number of benzene rings is 2. The van der Waals surface area contributed by atoms with Crippen molar-refractivity contribution in [3.8, 4) is 0 Å². The Morgan fingerprint density at radius 1 is 1.13 bits per heavy atom. The number of non-ortho nitro benzene ring substituents is 1. The number of anilines is 1. The van der Waals surface area contributed by atoms with Gasteiger partial charge >= 0.3 is 0 Å². The number of thiocarbonyl (C=S) groups is 1. The zero-order valence-electron chi connectivity index (χ0n) is 11.6. The number of hydrogen-bond acceptors (Lipinski definition) is 5. The first-order chi connectivity index (χ1) is 11.0. The van der Waals surface area contributed by atoms with Gasteiger partial charge in [0.25, 0.3) is 11.6 Å². The van der Waals surface area contributed by atoms with Gasteiger partial charge in [-0.3, -0.25) is 31.1 Å². The summed E-state index contributed by atoms with van der Waals surface area (Å²) in [6.45, 7) is 0. The highest BCUT2D eigenvalue weighted by Crippen LogP contribution is 2.15. The van der Waals surface area contributed by atoms with Gasteiger partial charge in [0.1, 0.15) is 0 Å². The van der Waals surface area contributed by atoms with Crippen molar-refractivity contribution in [3.05, 3.63) is 69.2 Å². The van der Waals surface area contributed by atoms with Crippen molar-refractivity contribution >= 4 is 46.2 Å². The Balaban J connectivity index is 1.89. The molecule has 2 aromatic carbocycles. The first-order valence-electron chi connectivity index (χ1n) is 6.33. The van der Waals surface area contributed by atoms with Crippen LogP contribution in [0.5, 0.6) is 0 Å². The largest absolute Gasteiger partial charge is 0.299 e. The second-order valence-electron chi connectivity index (χ2n) is 4.32. The summed E-state index contributed by atoms with van der Waals surface area (Å²) in [6, 6.07) is 12.3. The molecule has 0 aliphatic rings. The molecule has 0 heterocycles. The van der Waals surface area contributed by atoms with E-state index in [1.165, 1.54) is 24.3 Å². The summed E-state index contributed by atoms with van der Waals surface area (Å²) >= 11 is 10.9. The minimum absolute atomic E-state index is 0.0230. The van der Waals surface area contributed by atoms with E-state index in [2.05, 4.69) is 16.2 Å². The molecular weight excluding hydrogens is 340 g/mol. The molecule has 0 fully saturated rings. The molecule has 0 aliphatic heterocycles. The van der Waals surface area contributed by atoms with E-state index in [1.54, 1.807) is 24.3 Å². The zero-order valence-corrected chi connectivity index (χ0v) is 13.1. The Labute approximate surface area is 141 Å². The molecule has 0 bridgehead atoms. The summed E-state index contributed by atoms with van der Waals surface area (Å²) in [6.07, 6.45) is 0. The number of carbonyl (C=O) groups is 1. The van der Waals surface area contributed by atoms with Gasteiger partial charge in [0, 0.05) is 12.1 Å². The normalized spacial score (nSPS) is 9.78. The van der Waals surface area contributed by atoms with Crippen LogP contribution in [0.1, 0.15) is 10.4 Å². The molecule has 23 heavy (non-hydrogen) atoms. The van der Waals surface area contributed by atoms with Crippen LogP contribution in [-0.2, 0) is 0 Å². The quantitative estimate of drug-likeness (QED) is 0.446. The number of nitrogens with one attached hydrogen (secondary N) is 3. The summed E-state index contributed by atoms with van der Waals surface area (Å²) in [4.78, 5) is 22.0. The molecule has 2 rings (SSSR count). The fraction of sp³-hybridized carbons (Fsp3) is 0. The third-order valence-corrected chi connectivity index (χ3v) is 3.28. The van der Waals surface area contributed by atoms with Crippen LogP contribution >= 0.6 is 23.8 Å². The summed E-state index contributed by atoms with van der Waals surface area (Å²) in [5.41, 5.74) is 6.15. The average molecular weight is 351 g/mol. The van der Waals surface area contributed by atoms with Gasteiger partial charge in [-0.1, -0.05) is 23.7 Å². The standard InChI is InChI=1S/C14H11ClN4O3S/c15-12-4-2-1-3-11(12)13(20)16-14(23)18-17-9-5-7-10(8-6-9)19(21)22/h1-8,17H,(H2,16,18,20,23). The van der Waals surface area contributed by atoms with Crippen LogP contribution in [0.3, 0.4) is 0 Å². The molecule has 0 atom stereocenters. The smallest absolute Gasteiger partial charge is 0.269 e. The second-order valence-corrected chi connectivity index (χ2v) is 5.13. The molecule has 3 N–H and O–H groups in total. The van der Waals surface area contributed by atoms with Crippen molar-refractivity contribution < 1.29 is 9.72 Å². The fourth-order valence-electron chi connectivity index (χ4n) is 1.64. The average Bonchev–Trinajstić information content (AvgIpc) is 2.53. The van der Waals surface area contributed by atoms with Gasteiger partial charge in [-0.2, -0.15) is 0 Å². The van der Waals surface area contributed by atoms with Crippen LogP contribution in [0.15, 0.2) is 48.5 Å². The minimum atomic E-state index is -0.494. The van der Waals surface area contributed by atoms with Crippen LogP contribution in [0.25, 0.3) is 0 Å². The number of hydrazine groups is 1. The lowest BCUT2D eigenvalue weighted by Crippen LogP contribution is -2.42. The van der Waals surface area contributed by atoms with Gasteiger partial charge in [0.05, 0.1) is 21.2 Å². The van der Waals surface area contributed by atoms with Gasteiger partial charge in [-0.05, 0) is 36.5 Å². The van der Waals surface area contributed by atoms with Gasteiger partial charge in [0.15, 0.2) is 5.11 Å². The predicted molar refractivity (Wildman–Crippen MR) is 91.4 cm³/mol. The van der Waals surface area contributed by atoms with Gasteiger partial charge in [-0.15, -0.1) is 0 Å². The number of halogens is 1. The van der Waals surface area contributed by atoms with Crippen molar-refractivity contribution in [1.82, 2.24) is 10.7 Å². The highest BCUT2D eigenvalue weighted by molar-refractivity contribution is 7.80. The highest BCUT2D eigenvalue weighted by Gasteiger charge is 2.11. The Bertz CT molecular complexity index is 752.